The maximum Gasteiger partial charge on any atom is -0.00773 e. The summed E-state index contributed by atoms with van der Waals surface area (Å²) in [5.74, 6) is 0. The molecule has 24 heavy (non-hydrogen) atoms. The molecule has 0 atom stereocenters. The molecule has 0 saturated carbocycles. The zero-order valence-electron chi connectivity index (χ0n) is 16.2. The number of benzene rings is 1. The Balaban J connectivity index is 1.77. The van der Waals surface area contributed by atoms with Crippen molar-refractivity contribution in [3.05, 3.63) is 35.4 Å². The van der Waals surface area contributed by atoms with Crippen molar-refractivity contribution in [1.82, 2.24) is 0 Å². The summed E-state index contributed by atoms with van der Waals surface area (Å²) in [5, 5.41) is 0. The molecule has 1 aromatic carbocycles. The molecule has 0 saturated heterocycles. The van der Waals surface area contributed by atoms with Crippen molar-refractivity contribution in [2.24, 2.45) is 5.73 Å². The third-order valence-electron chi connectivity index (χ3n) is 5.16. The second kappa shape index (κ2) is 15.7. The first-order chi connectivity index (χ1) is 11.8. The van der Waals surface area contributed by atoms with Gasteiger partial charge in [0.15, 0.2) is 0 Å². The van der Waals surface area contributed by atoms with Gasteiger partial charge in [0.1, 0.15) is 0 Å². The van der Waals surface area contributed by atoms with E-state index in [1.807, 2.05) is 0 Å². The van der Waals surface area contributed by atoms with Gasteiger partial charge in [0.05, 0.1) is 0 Å². The normalized spacial score (nSPS) is 11.1. The van der Waals surface area contributed by atoms with Gasteiger partial charge in [0.25, 0.3) is 0 Å². The number of unbranched alkanes of at least 4 members (excludes halogenated alkanes) is 13. The molecule has 2 N–H and O–H groups in total. The van der Waals surface area contributed by atoms with E-state index in [0.29, 0.717) is 0 Å². The van der Waals surface area contributed by atoms with Gasteiger partial charge in [-0.1, -0.05) is 101 Å². The summed E-state index contributed by atoms with van der Waals surface area (Å²) in [5.41, 5.74) is 8.51. The number of hydrogen-bond acceptors (Lipinski definition) is 1. The van der Waals surface area contributed by atoms with Gasteiger partial charge >= 0.3 is 0 Å². The summed E-state index contributed by atoms with van der Waals surface area (Å²) in [4.78, 5) is 0. The predicted octanol–water partition coefficient (Wildman–Crippen LogP) is 6.96. The van der Waals surface area contributed by atoms with E-state index in [2.05, 4.69) is 31.2 Å². The Bertz CT molecular complexity index is 385. The molecule has 138 valence electrons. The van der Waals surface area contributed by atoms with Gasteiger partial charge in [-0.15, -0.1) is 0 Å². The fourth-order valence-corrected chi connectivity index (χ4v) is 3.47. The standard InChI is InChI=1S/C23H41N/c1-22-18-15-16-20-23(22)19-14-12-10-8-6-4-2-3-5-7-9-11-13-17-21-24/h15-16,18,20H,2-14,17,19,21,24H2,1H3. The second-order valence-electron chi connectivity index (χ2n) is 7.41. The number of rotatable bonds is 16. The van der Waals surface area contributed by atoms with E-state index in [1.54, 1.807) is 5.56 Å². The molecule has 1 aromatic rings. The van der Waals surface area contributed by atoms with E-state index >= 15 is 0 Å². The highest BCUT2D eigenvalue weighted by Crippen LogP contribution is 2.15. The Morgan fingerprint density at radius 2 is 1.00 bits per heavy atom. The number of nitrogens with two attached hydrogens (primary N) is 1. The predicted molar refractivity (Wildman–Crippen MR) is 109 cm³/mol. The Morgan fingerprint density at radius 3 is 1.46 bits per heavy atom. The molecule has 0 aromatic heterocycles. The van der Waals surface area contributed by atoms with Crippen molar-refractivity contribution in [2.75, 3.05) is 6.54 Å². The van der Waals surface area contributed by atoms with E-state index in [0.717, 1.165) is 6.54 Å². The summed E-state index contributed by atoms with van der Waals surface area (Å²) in [6.45, 7) is 3.10. The van der Waals surface area contributed by atoms with E-state index in [1.165, 1.54) is 102 Å². The van der Waals surface area contributed by atoms with Crippen molar-refractivity contribution in [2.45, 2.75) is 103 Å². The fourth-order valence-electron chi connectivity index (χ4n) is 3.47. The largest absolute Gasteiger partial charge is 0.330 e. The van der Waals surface area contributed by atoms with Gasteiger partial charge < -0.3 is 5.73 Å². The Kier molecular flexibility index (Phi) is 13.9. The molecule has 0 radical (unpaired) electrons. The molecular weight excluding hydrogens is 290 g/mol. The van der Waals surface area contributed by atoms with Crippen molar-refractivity contribution in [3.63, 3.8) is 0 Å². The zero-order chi connectivity index (χ0) is 17.3. The van der Waals surface area contributed by atoms with Crippen LogP contribution in [0.5, 0.6) is 0 Å². The quantitative estimate of drug-likeness (QED) is 0.326. The first-order valence-corrected chi connectivity index (χ1v) is 10.6. The second-order valence-corrected chi connectivity index (χ2v) is 7.41. The van der Waals surface area contributed by atoms with Gasteiger partial charge in [-0.2, -0.15) is 0 Å². The molecule has 0 aliphatic heterocycles. The molecule has 1 nitrogen and oxygen atoms in total. The molecule has 1 rings (SSSR count). The van der Waals surface area contributed by atoms with E-state index in [4.69, 9.17) is 5.73 Å². The van der Waals surface area contributed by atoms with Gasteiger partial charge in [-0.05, 0) is 43.9 Å². The zero-order valence-corrected chi connectivity index (χ0v) is 16.2. The molecule has 0 spiro atoms. The lowest BCUT2D eigenvalue weighted by molar-refractivity contribution is 0.534. The first kappa shape index (κ1) is 21.2. The Hall–Kier alpha value is -0.820. The van der Waals surface area contributed by atoms with Crippen LogP contribution in [0, 0.1) is 6.92 Å². The van der Waals surface area contributed by atoms with E-state index in [-0.39, 0.29) is 0 Å². The highest BCUT2D eigenvalue weighted by molar-refractivity contribution is 5.25. The average molecular weight is 332 g/mol. The van der Waals surface area contributed by atoms with Crippen molar-refractivity contribution in [3.8, 4) is 0 Å². The van der Waals surface area contributed by atoms with Crippen LogP contribution < -0.4 is 5.73 Å². The smallest absolute Gasteiger partial charge is 0.00773 e. The van der Waals surface area contributed by atoms with Crippen molar-refractivity contribution in [1.29, 1.82) is 0 Å². The maximum absolute atomic E-state index is 5.51. The van der Waals surface area contributed by atoms with Gasteiger partial charge in [-0.3, -0.25) is 0 Å². The lowest BCUT2D eigenvalue weighted by Crippen LogP contribution is -1.97. The van der Waals surface area contributed by atoms with Crippen LogP contribution in [0.3, 0.4) is 0 Å². The molecule has 0 heterocycles. The van der Waals surface area contributed by atoms with E-state index < -0.39 is 0 Å². The summed E-state index contributed by atoms with van der Waals surface area (Å²) < 4.78 is 0. The van der Waals surface area contributed by atoms with Crippen molar-refractivity contribution < 1.29 is 0 Å². The third kappa shape index (κ3) is 11.7. The average Bonchev–Trinajstić information content (AvgIpc) is 2.60. The van der Waals surface area contributed by atoms with E-state index in [9.17, 15) is 0 Å². The highest BCUT2D eigenvalue weighted by atomic mass is 14.5. The highest BCUT2D eigenvalue weighted by Gasteiger charge is 1.97. The van der Waals surface area contributed by atoms with Crippen LogP contribution in [0.25, 0.3) is 0 Å². The lowest BCUT2D eigenvalue weighted by atomic mass is 10.0. The molecule has 0 unspecified atom stereocenters. The van der Waals surface area contributed by atoms with Gasteiger partial charge in [-0.25, -0.2) is 0 Å². The van der Waals surface area contributed by atoms with Crippen molar-refractivity contribution >= 4 is 0 Å². The van der Waals surface area contributed by atoms with Crippen LogP contribution in [0.1, 0.15) is 101 Å². The molecule has 0 aliphatic carbocycles. The summed E-state index contributed by atoms with van der Waals surface area (Å²) in [6.07, 6.45) is 20.9. The molecule has 0 aliphatic rings. The SMILES string of the molecule is Cc1ccccc1CCCCCCCCCCCCCCCCN. The number of hydrogen-bond donors (Lipinski definition) is 1. The third-order valence-corrected chi connectivity index (χ3v) is 5.16. The Labute approximate surface area is 151 Å². The Morgan fingerprint density at radius 1 is 0.583 bits per heavy atom. The minimum absolute atomic E-state index is 0.867. The molecular formula is C23H41N. The fraction of sp³-hybridized carbons (Fsp3) is 0.739. The minimum Gasteiger partial charge on any atom is -0.330 e. The summed E-state index contributed by atoms with van der Waals surface area (Å²) >= 11 is 0. The number of aryl methyl sites for hydroxylation is 2. The van der Waals surface area contributed by atoms with Crippen LogP contribution in [0.4, 0.5) is 0 Å². The molecule has 0 bridgehead atoms. The lowest BCUT2D eigenvalue weighted by Gasteiger charge is -2.05. The van der Waals surface area contributed by atoms with Gasteiger partial charge in [0, 0.05) is 0 Å². The summed E-state index contributed by atoms with van der Waals surface area (Å²) in [7, 11) is 0. The van der Waals surface area contributed by atoms with Gasteiger partial charge in [0.2, 0.25) is 0 Å². The van der Waals surface area contributed by atoms with Crippen LogP contribution in [-0.4, -0.2) is 6.54 Å². The monoisotopic (exact) mass is 331 g/mol. The molecule has 1 heteroatoms. The summed E-state index contributed by atoms with van der Waals surface area (Å²) in [6, 6.07) is 8.83. The van der Waals surface area contributed by atoms with Crippen LogP contribution in [0.2, 0.25) is 0 Å². The first-order valence-electron chi connectivity index (χ1n) is 10.6. The maximum atomic E-state index is 5.51. The van der Waals surface area contributed by atoms with Crippen LogP contribution >= 0.6 is 0 Å². The topological polar surface area (TPSA) is 26.0 Å². The molecule has 0 fully saturated rings. The van der Waals surface area contributed by atoms with Crippen LogP contribution in [0.15, 0.2) is 24.3 Å². The minimum atomic E-state index is 0.867. The van der Waals surface area contributed by atoms with Crippen LogP contribution in [-0.2, 0) is 6.42 Å². The molecule has 0 amide bonds.